The Bertz CT molecular complexity index is 116. The molecule has 0 atom stereocenters. The van der Waals surface area contributed by atoms with Gasteiger partial charge in [0.25, 0.3) is 0 Å². The summed E-state index contributed by atoms with van der Waals surface area (Å²) in [5.41, 5.74) is 0. The van der Waals surface area contributed by atoms with Crippen molar-refractivity contribution in [3.8, 4) is 0 Å². The van der Waals surface area contributed by atoms with Crippen LogP contribution in [0.2, 0.25) is 0 Å². The van der Waals surface area contributed by atoms with Crippen LogP contribution in [0.1, 0.15) is 0 Å². The zero-order valence-electron chi connectivity index (χ0n) is 5.41. The summed E-state index contributed by atoms with van der Waals surface area (Å²) >= 11 is 0. The summed E-state index contributed by atoms with van der Waals surface area (Å²) < 4.78 is 26.2. The molecule has 0 spiro atoms. The minimum atomic E-state index is -3.13. The van der Waals surface area contributed by atoms with E-state index in [1.165, 1.54) is 0 Å². The van der Waals surface area contributed by atoms with Gasteiger partial charge in [0.15, 0.2) is 0 Å². The predicted molar refractivity (Wildman–Crippen MR) is 46.9 cm³/mol. The van der Waals surface area contributed by atoms with E-state index < -0.39 is 27.5 Å². The molecule has 0 aromatic carbocycles. The van der Waals surface area contributed by atoms with Crippen LogP contribution in [0.4, 0.5) is 0 Å². The minimum absolute atomic E-state index is 0. The van der Waals surface area contributed by atoms with E-state index in [1.807, 2.05) is 0 Å². The van der Waals surface area contributed by atoms with Gasteiger partial charge in [-0.25, -0.2) is 0 Å². The summed E-state index contributed by atoms with van der Waals surface area (Å²) in [4.78, 5) is 42.9. The van der Waals surface area contributed by atoms with Gasteiger partial charge in [-0.1, -0.05) is 0 Å². The molecule has 6 N–H and O–H groups in total. The van der Waals surface area contributed by atoms with E-state index in [9.17, 15) is 0 Å². The van der Waals surface area contributed by atoms with E-state index in [-0.39, 0.29) is 37.7 Å². The van der Waals surface area contributed by atoms with Crippen LogP contribution in [0.15, 0.2) is 0 Å². The van der Waals surface area contributed by atoms with Gasteiger partial charge in [-0.3, -0.25) is 13.4 Å². The zero-order valence-corrected chi connectivity index (χ0v) is 8.41. The first-order valence-corrected chi connectivity index (χ1v) is 5.86. The average molecular weight is 250 g/mol. The van der Waals surface area contributed by atoms with Crippen LogP contribution < -0.4 is 0 Å². The van der Waals surface area contributed by atoms with E-state index in [4.69, 9.17) is 42.2 Å². The van der Waals surface area contributed by atoms with Crippen molar-refractivity contribution >= 4 is 65.2 Å². The maximum absolute atomic E-state index is 8.74. The molecule has 0 aliphatic heterocycles. The number of rotatable bonds is 0. The topological polar surface area (TPSA) is 173 Å². The van der Waals surface area contributed by atoms with Crippen LogP contribution in [0.5, 0.6) is 0 Å². The van der Waals surface area contributed by atoms with Crippen molar-refractivity contribution in [3.63, 3.8) is 0 Å². The van der Waals surface area contributed by atoms with Crippen molar-refractivity contribution in [1.29, 1.82) is 0 Å². The monoisotopic (exact) mass is 250 g/mol. The quantitative estimate of drug-likeness (QED) is 0.229. The van der Waals surface area contributed by atoms with Gasteiger partial charge < -0.3 is 28.8 Å². The van der Waals surface area contributed by atoms with Gasteiger partial charge in [0.05, 0.1) is 0 Å². The summed E-state index contributed by atoms with van der Waals surface area (Å²) in [5, 5.41) is 0. The van der Waals surface area contributed by atoms with Gasteiger partial charge in [-0.15, -0.1) is 0 Å². The summed E-state index contributed by atoms with van der Waals surface area (Å²) in [7, 11) is -9.39. The molecule has 9 nitrogen and oxygen atoms in total. The Hall–Kier alpha value is 0.0455. The normalized spacial score (nSPS) is 5.14. The summed E-state index contributed by atoms with van der Waals surface area (Å²) in [6.07, 6.45) is 0. The molecule has 0 aromatic heterocycles. The Morgan fingerprint density at radius 1 is 0.500 bits per heavy atom. The Kier molecular flexibility index (Phi) is 48.3. The number of hydrogen-bond acceptors (Lipinski definition) is 3. The van der Waals surface area contributed by atoms with Crippen LogP contribution in [-0.4, -0.2) is 94.0 Å². The first-order chi connectivity index (χ1) is 5.20. The third-order valence-electron chi connectivity index (χ3n) is 0. The second-order valence-corrected chi connectivity index (χ2v) is 2.54. The molecule has 14 heavy (non-hydrogen) atoms. The van der Waals surface area contributed by atoms with Crippen LogP contribution in [0.25, 0.3) is 0 Å². The molecule has 76 valence electrons. The van der Waals surface area contributed by atoms with Crippen LogP contribution in [0, 0.1) is 0 Å². The Morgan fingerprint density at radius 3 is 0.500 bits per heavy atom. The van der Waals surface area contributed by atoms with Crippen molar-refractivity contribution in [2.45, 2.75) is 0 Å². The molecule has 0 aliphatic rings. The fourth-order valence-electron chi connectivity index (χ4n) is 0. The molecule has 14 heteroatoms. The van der Waals surface area contributed by atoms with Crippen LogP contribution in [0.3, 0.4) is 0 Å². The Morgan fingerprint density at radius 2 is 0.500 bits per heavy atom. The summed E-state index contributed by atoms with van der Waals surface area (Å²) in [6.45, 7) is 0. The van der Waals surface area contributed by atoms with Gasteiger partial charge >= 0.3 is 65.2 Å². The van der Waals surface area contributed by atoms with Gasteiger partial charge in [0.1, 0.15) is 0 Å². The molecule has 0 aromatic rings. The molecule has 0 heterocycles. The molecule has 0 saturated carbocycles. The van der Waals surface area contributed by atoms with Crippen molar-refractivity contribution < 1.29 is 42.2 Å². The number of hydrogen-bond donors (Lipinski definition) is 6. The van der Waals surface area contributed by atoms with E-state index >= 15 is 0 Å². The predicted octanol–water partition coefficient (Wildman–Crippen LogP) is -6.14. The van der Waals surface area contributed by atoms with Crippen molar-refractivity contribution in [3.05, 3.63) is 0 Å². The molecule has 0 amide bonds. The van der Waals surface area contributed by atoms with Gasteiger partial charge in [-0.2, -0.15) is 0 Å². The van der Waals surface area contributed by atoms with Crippen LogP contribution in [-0.2, 0) is 13.4 Å². The van der Waals surface area contributed by atoms with E-state index in [0.717, 1.165) is 0 Å². The molecule has 0 saturated heterocycles. The average Bonchev–Trinajstić information content (AvgIpc) is 1.54. The first kappa shape index (κ1) is 29.2. The standard InChI is InChI=1S/2Li.3H2O3Si.2H/c;;3*1-4(2)3;;/h;;3*1-2H;;. The molecular weight excluding hydrogens is 242 g/mol. The third kappa shape index (κ3) is 711000. The molecular formula is H8Li2O9Si3. The van der Waals surface area contributed by atoms with Gasteiger partial charge in [0, 0.05) is 0 Å². The van der Waals surface area contributed by atoms with E-state index in [1.54, 1.807) is 0 Å². The van der Waals surface area contributed by atoms with Crippen molar-refractivity contribution in [2.75, 3.05) is 0 Å². The Labute approximate surface area is 107 Å². The zero-order chi connectivity index (χ0) is 10.7. The molecule has 0 bridgehead atoms. The van der Waals surface area contributed by atoms with Gasteiger partial charge in [-0.05, 0) is 0 Å². The maximum atomic E-state index is 8.74. The SMILES string of the molecule is O=[Si](O)O.O=[Si](O)O.O=[Si](O)O.[LiH].[LiH]. The molecule has 0 rings (SSSR count). The molecule has 0 fully saturated rings. The first-order valence-electron chi connectivity index (χ1n) is 1.95. The summed E-state index contributed by atoms with van der Waals surface area (Å²) in [5.74, 6) is 0. The van der Waals surface area contributed by atoms with Gasteiger partial charge in [0.2, 0.25) is 0 Å². The van der Waals surface area contributed by atoms with Crippen LogP contribution >= 0.6 is 0 Å². The molecule has 0 radical (unpaired) electrons. The fraction of sp³-hybridized carbons (Fsp3) is 0. The second-order valence-electron chi connectivity index (χ2n) is 0.848. The van der Waals surface area contributed by atoms with E-state index in [2.05, 4.69) is 0 Å². The third-order valence-corrected chi connectivity index (χ3v) is 0. The fourth-order valence-corrected chi connectivity index (χ4v) is 0. The van der Waals surface area contributed by atoms with Crippen molar-refractivity contribution in [2.24, 2.45) is 0 Å². The molecule has 0 aliphatic carbocycles. The second kappa shape index (κ2) is 23.1. The summed E-state index contributed by atoms with van der Waals surface area (Å²) in [6, 6.07) is 0. The Balaban J connectivity index is -0.0000000270. The van der Waals surface area contributed by atoms with E-state index in [0.29, 0.717) is 0 Å². The molecule has 0 unspecified atom stereocenters. The van der Waals surface area contributed by atoms with Crippen molar-refractivity contribution in [1.82, 2.24) is 0 Å².